The minimum absolute atomic E-state index is 0.112. The Hall–Kier alpha value is -1.24. The predicted octanol–water partition coefficient (Wildman–Crippen LogP) is 0.322. The second kappa shape index (κ2) is 5.40. The largest absolute Gasteiger partial charge is 0.539 e. The highest BCUT2D eigenvalue weighted by atomic mass is 35.5. The van der Waals surface area contributed by atoms with Crippen LogP contribution in [-0.4, -0.2) is 29.3 Å². The molecule has 0 heterocycles. The highest BCUT2D eigenvalue weighted by Gasteiger charge is 2.28. The Bertz CT molecular complexity index is 425. The average molecular weight is 257 g/mol. The Morgan fingerprint density at radius 2 is 2.29 bits per heavy atom. The first kappa shape index (κ1) is 13.8. The van der Waals surface area contributed by atoms with Gasteiger partial charge in [0.05, 0.1) is 0 Å². The number of carboxylic acids is 1. The summed E-state index contributed by atoms with van der Waals surface area (Å²) in [5.74, 6) is -0.681. The molecule has 5 nitrogen and oxygen atoms in total. The summed E-state index contributed by atoms with van der Waals surface area (Å²) in [6.45, 7) is 1.42. The smallest absolute Gasteiger partial charge is 0.504 e. The molecule has 1 aromatic carbocycles. The second-order valence-electron chi connectivity index (χ2n) is 3.93. The van der Waals surface area contributed by atoms with Gasteiger partial charge < -0.3 is 20.5 Å². The van der Waals surface area contributed by atoms with Crippen molar-refractivity contribution in [3.05, 3.63) is 28.8 Å². The van der Waals surface area contributed by atoms with Crippen LogP contribution in [0.15, 0.2) is 18.2 Å². The molecule has 1 aromatic rings. The van der Waals surface area contributed by atoms with Gasteiger partial charge in [-0.15, -0.1) is 0 Å². The zero-order valence-electron chi connectivity index (χ0n) is 9.31. The van der Waals surface area contributed by atoms with Crippen molar-refractivity contribution in [2.45, 2.75) is 18.9 Å². The van der Waals surface area contributed by atoms with Crippen molar-refractivity contribution in [2.24, 2.45) is 5.73 Å². The summed E-state index contributed by atoms with van der Waals surface area (Å²) in [4.78, 5) is 10.9. The fourth-order valence-corrected chi connectivity index (χ4v) is 1.54. The first-order chi connectivity index (χ1) is 7.86. The fourth-order valence-electron chi connectivity index (χ4n) is 1.31. The highest BCUT2D eigenvalue weighted by Crippen LogP contribution is 2.25. The van der Waals surface area contributed by atoms with Gasteiger partial charge in [0, 0.05) is 11.4 Å². The van der Waals surface area contributed by atoms with E-state index in [1.165, 1.54) is 13.0 Å². The van der Waals surface area contributed by atoms with E-state index in [0.29, 0.717) is 16.3 Å². The van der Waals surface area contributed by atoms with E-state index in [-0.39, 0.29) is 6.42 Å². The molecule has 1 rings (SSSR count). The number of carbonyl (C=O) groups is 1. The third-order valence-electron chi connectivity index (χ3n) is 2.30. The van der Waals surface area contributed by atoms with Crippen LogP contribution in [0.4, 0.5) is 0 Å². The fraction of sp³-hybridized carbons (Fsp3) is 0.300. The van der Waals surface area contributed by atoms with Crippen molar-refractivity contribution >= 4 is 25.3 Å². The van der Waals surface area contributed by atoms with E-state index in [2.05, 4.69) is 0 Å². The van der Waals surface area contributed by atoms with Crippen molar-refractivity contribution < 1.29 is 19.6 Å². The molecule has 0 aliphatic carbocycles. The standard InChI is InChI=1S/C10H13BClNO4/c1-10(13,9(14)15)5-6-2-3-7(17-11-16)4-8(6)12/h2-4,11,16H,5,13H2,1H3,(H,14,15)/t10-/m0/s1. The maximum absolute atomic E-state index is 10.9. The zero-order chi connectivity index (χ0) is 13.1. The number of nitrogens with two attached hydrogens (primary N) is 1. The minimum atomic E-state index is -1.37. The van der Waals surface area contributed by atoms with E-state index in [1.807, 2.05) is 0 Å². The SMILES string of the molecule is C[C@](N)(Cc1ccc(OBO)cc1Cl)C(=O)O. The topological polar surface area (TPSA) is 92.8 Å². The normalized spacial score (nSPS) is 13.9. The van der Waals surface area contributed by atoms with Gasteiger partial charge in [0.1, 0.15) is 11.3 Å². The number of benzene rings is 1. The maximum Gasteiger partial charge on any atom is 0.504 e. The average Bonchev–Trinajstić information content (AvgIpc) is 2.22. The Labute approximate surface area is 104 Å². The van der Waals surface area contributed by atoms with Crippen molar-refractivity contribution in [1.29, 1.82) is 0 Å². The van der Waals surface area contributed by atoms with Crippen LogP contribution in [0.3, 0.4) is 0 Å². The molecule has 0 fully saturated rings. The van der Waals surface area contributed by atoms with E-state index in [0.717, 1.165) is 0 Å². The van der Waals surface area contributed by atoms with Crippen LogP contribution in [0.2, 0.25) is 5.02 Å². The molecule has 7 heteroatoms. The van der Waals surface area contributed by atoms with Crippen LogP contribution in [0.25, 0.3) is 0 Å². The number of aliphatic carboxylic acids is 1. The molecule has 0 saturated carbocycles. The van der Waals surface area contributed by atoms with Gasteiger partial charge in [-0.2, -0.15) is 0 Å². The number of carboxylic acid groups (broad SMARTS) is 1. The van der Waals surface area contributed by atoms with Gasteiger partial charge in [-0.05, 0) is 24.6 Å². The molecule has 0 spiro atoms. The van der Waals surface area contributed by atoms with Crippen molar-refractivity contribution in [1.82, 2.24) is 0 Å². The van der Waals surface area contributed by atoms with Gasteiger partial charge in [0.15, 0.2) is 0 Å². The van der Waals surface area contributed by atoms with Gasteiger partial charge in [-0.1, -0.05) is 17.7 Å². The summed E-state index contributed by atoms with van der Waals surface area (Å²) in [6, 6.07) is 4.72. The Kier molecular flexibility index (Phi) is 4.39. The predicted molar refractivity (Wildman–Crippen MR) is 65.4 cm³/mol. The third-order valence-corrected chi connectivity index (χ3v) is 2.65. The monoisotopic (exact) mass is 257 g/mol. The van der Waals surface area contributed by atoms with Crippen LogP contribution in [0.5, 0.6) is 5.75 Å². The first-order valence-electron chi connectivity index (χ1n) is 4.91. The van der Waals surface area contributed by atoms with Gasteiger partial charge >= 0.3 is 13.7 Å². The van der Waals surface area contributed by atoms with E-state index < -0.39 is 19.2 Å². The molecule has 92 valence electrons. The van der Waals surface area contributed by atoms with E-state index in [4.69, 9.17) is 32.1 Å². The lowest BCUT2D eigenvalue weighted by molar-refractivity contribution is -0.142. The molecule has 0 aliphatic heterocycles. The van der Waals surface area contributed by atoms with Crippen LogP contribution < -0.4 is 10.4 Å². The Morgan fingerprint density at radius 3 is 2.76 bits per heavy atom. The molecular formula is C10H13BClNO4. The number of rotatable bonds is 5. The summed E-state index contributed by atoms with van der Waals surface area (Å²) in [5, 5.41) is 17.8. The van der Waals surface area contributed by atoms with Crippen molar-refractivity contribution in [2.75, 3.05) is 0 Å². The lowest BCUT2D eigenvalue weighted by Crippen LogP contribution is -2.46. The van der Waals surface area contributed by atoms with Gasteiger partial charge in [0.25, 0.3) is 0 Å². The first-order valence-corrected chi connectivity index (χ1v) is 5.29. The molecule has 0 unspecified atom stereocenters. The number of hydrogen-bond donors (Lipinski definition) is 3. The molecule has 0 radical (unpaired) electrons. The van der Waals surface area contributed by atoms with Crippen LogP contribution in [0, 0.1) is 0 Å². The van der Waals surface area contributed by atoms with Gasteiger partial charge in [-0.25, -0.2) is 0 Å². The van der Waals surface area contributed by atoms with E-state index in [1.54, 1.807) is 12.1 Å². The molecule has 4 N–H and O–H groups in total. The lowest BCUT2D eigenvalue weighted by Gasteiger charge is -2.20. The second-order valence-corrected chi connectivity index (χ2v) is 4.33. The summed E-state index contributed by atoms with van der Waals surface area (Å²) in [5.41, 5.74) is 4.87. The molecule has 0 bridgehead atoms. The molecule has 0 saturated heterocycles. The van der Waals surface area contributed by atoms with Crippen molar-refractivity contribution in [3.8, 4) is 5.75 Å². The maximum atomic E-state index is 10.9. The number of halogens is 1. The third kappa shape index (κ3) is 3.62. The van der Waals surface area contributed by atoms with Crippen LogP contribution in [-0.2, 0) is 11.2 Å². The molecular weight excluding hydrogens is 244 g/mol. The Balaban J connectivity index is 2.90. The summed E-state index contributed by atoms with van der Waals surface area (Å²) < 4.78 is 4.84. The summed E-state index contributed by atoms with van der Waals surface area (Å²) in [6.07, 6.45) is 0.112. The number of hydrogen-bond acceptors (Lipinski definition) is 4. The van der Waals surface area contributed by atoms with Gasteiger partial charge in [0.2, 0.25) is 0 Å². The molecule has 1 atom stereocenters. The van der Waals surface area contributed by atoms with E-state index >= 15 is 0 Å². The molecule has 17 heavy (non-hydrogen) atoms. The Morgan fingerprint density at radius 1 is 1.65 bits per heavy atom. The van der Waals surface area contributed by atoms with Crippen LogP contribution >= 0.6 is 11.6 Å². The molecule has 0 aliphatic rings. The zero-order valence-corrected chi connectivity index (χ0v) is 10.1. The summed E-state index contributed by atoms with van der Waals surface area (Å²) >= 11 is 5.97. The molecule has 0 amide bonds. The molecule has 0 aromatic heterocycles. The summed E-state index contributed by atoms with van der Waals surface area (Å²) in [7, 11) is -0.445. The highest BCUT2D eigenvalue weighted by molar-refractivity contribution is 6.31. The van der Waals surface area contributed by atoms with Gasteiger partial charge in [-0.3, -0.25) is 4.79 Å². The quantitative estimate of drug-likeness (QED) is 0.661. The lowest BCUT2D eigenvalue weighted by atomic mass is 9.94. The van der Waals surface area contributed by atoms with Crippen LogP contribution in [0.1, 0.15) is 12.5 Å². The van der Waals surface area contributed by atoms with Crippen molar-refractivity contribution in [3.63, 3.8) is 0 Å². The van der Waals surface area contributed by atoms with E-state index in [9.17, 15) is 4.79 Å². The minimum Gasteiger partial charge on any atom is -0.539 e.